The van der Waals surface area contributed by atoms with Gasteiger partial charge >= 0.3 is 12.4 Å². The molecule has 0 unspecified atom stereocenters. The van der Waals surface area contributed by atoms with Gasteiger partial charge in [0.2, 0.25) is 0 Å². The Balaban J connectivity index is 1.75. The predicted molar refractivity (Wildman–Crippen MR) is 119 cm³/mol. The van der Waals surface area contributed by atoms with Gasteiger partial charge in [-0.05, 0) is 36.4 Å². The number of halogens is 6. The van der Waals surface area contributed by atoms with Gasteiger partial charge in [0, 0.05) is 29.1 Å². The average molecular weight is 489 g/mol. The molecule has 1 heterocycles. The molecule has 1 amide bonds. The molecule has 0 saturated carbocycles. The van der Waals surface area contributed by atoms with Crippen LogP contribution in [0.5, 0.6) is 0 Å². The van der Waals surface area contributed by atoms with Crippen LogP contribution in [0.4, 0.5) is 26.3 Å². The fourth-order valence-corrected chi connectivity index (χ4v) is 3.63. The fourth-order valence-electron chi connectivity index (χ4n) is 3.63. The van der Waals surface area contributed by atoms with Crippen LogP contribution in [0.2, 0.25) is 0 Å². The summed E-state index contributed by atoms with van der Waals surface area (Å²) in [5.74, 6) is -0.639. The number of hydrogen-bond acceptors (Lipinski definition) is 2. The number of aromatic nitrogens is 1. The Labute approximate surface area is 195 Å². The van der Waals surface area contributed by atoms with Gasteiger partial charge in [-0.25, -0.2) is 5.43 Å². The molecule has 0 aliphatic heterocycles. The van der Waals surface area contributed by atoms with E-state index in [2.05, 4.69) is 10.5 Å². The lowest BCUT2D eigenvalue weighted by Gasteiger charge is -2.13. The Morgan fingerprint density at radius 2 is 1.43 bits per heavy atom. The van der Waals surface area contributed by atoms with E-state index in [0.29, 0.717) is 0 Å². The number of carbonyl (C=O) groups excluding carboxylic acids is 1. The first-order chi connectivity index (χ1) is 16.4. The van der Waals surface area contributed by atoms with Crippen LogP contribution < -0.4 is 5.43 Å². The summed E-state index contributed by atoms with van der Waals surface area (Å²) in [4.78, 5) is 12.8. The molecule has 0 atom stereocenters. The minimum atomic E-state index is -4.65. The van der Waals surface area contributed by atoms with Gasteiger partial charge in [0.25, 0.3) is 5.91 Å². The summed E-state index contributed by atoms with van der Waals surface area (Å²) in [5, 5.41) is 4.82. The van der Waals surface area contributed by atoms with Crippen molar-refractivity contribution in [3.05, 3.63) is 107 Å². The Kier molecular flexibility index (Phi) is 6.14. The van der Waals surface area contributed by atoms with Gasteiger partial charge in [0.05, 0.1) is 16.8 Å². The minimum absolute atomic E-state index is 0.0306. The number of fused-ring (bicyclic) bond motifs is 1. The molecule has 4 rings (SSSR count). The number of amides is 1. The third kappa shape index (κ3) is 5.06. The lowest BCUT2D eigenvalue weighted by Crippen LogP contribution is -2.23. The highest BCUT2D eigenvalue weighted by atomic mass is 19.4. The van der Waals surface area contributed by atoms with Crippen molar-refractivity contribution in [2.24, 2.45) is 12.1 Å². The molecule has 0 spiro atoms. The SMILES string of the molecule is Cn1c(C(=O)NN=C(c2ccc(C(F)(F)F)cc2)c2cccc(C(F)(F)F)c2)cc2ccccc21. The molecule has 0 fully saturated rings. The van der Waals surface area contributed by atoms with Crippen LogP contribution in [0.1, 0.15) is 32.7 Å². The number of para-hydroxylation sites is 1. The van der Waals surface area contributed by atoms with Crippen molar-refractivity contribution in [3.63, 3.8) is 0 Å². The zero-order valence-corrected chi connectivity index (χ0v) is 18.1. The number of rotatable bonds is 4. The van der Waals surface area contributed by atoms with Crippen molar-refractivity contribution in [3.8, 4) is 0 Å². The van der Waals surface area contributed by atoms with Gasteiger partial charge in [-0.3, -0.25) is 4.79 Å². The van der Waals surface area contributed by atoms with Crippen molar-refractivity contribution in [2.75, 3.05) is 0 Å². The molecule has 0 bridgehead atoms. The number of nitrogens with zero attached hydrogens (tertiary/aromatic N) is 2. The van der Waals surface area contributed by atoms with Crippen LogP contribution in [-0.4, -0.2) is 16.2 Å². The highest BCUT2D eigenvalue weighted by Crippen LogP contribution is 2.31. The zero-order chi connectivity index (χ0) is 25.4. The summed E-state index contributed by atoms with van der Waals surface area (Å²) >= 11 is 0. The van der Waals surface area contributed by atoms with E-state index in [0.717, 1.165) is 53.4 Å². The van der Waals surface area contributed by atoms with Gasteiger partial charge in [-0.15, -0.1) is 0 Å². The van der Waals surface area contributed by atoms with Gasteiger partial charge in [0.1, 0.15) is 5.69 Å². The Bertz CT molecular complexity index is 1420. The Morgan fingerprint density at radius 3 is 2.06 bits per heavy atom. The average Bonchev–Trinajstić information content (AvgIpc) is 3.15. The number of benzene rings is 3. The van der Waals surface area contributed by atoms with E-state index in [9.17, 15) is 31.1 Å². The summed E-state index contributed by atoms with van der Waals surface area (Å²) in [7, 11) is 1.67. The van der Waals surface area contributed by atoms with Crippen molar-refractivity contribution >= 4 is 22.5 Å². The van der Waals surface area contributed by atoms with Crippen molar-refractivity contribution in [2.45, 2.75) is 12.4 Å². The van der Waals surface area contributed by atoms with E-state index < -0.39 is 29.4 Å². The zero-order valence-electron chi connectivity index (χ0n) is 18.1. The van der Waals surface area contributed by atoms with Crippen molar-refractivity contribution < 1.29 is 31.1 Å². The maximum Gasteiger partial charge on any atom is 0.416 e. The van der Waals surface area contributed by atoms with Gasteiger partial charge in [-0.1, -0.05) is 42.5 Å². The van der Waals surface area contributed by atoms with E-state index in [1.807, 2.05) is 12.1 Å². The number of hydrazone groups is 1. The van der Waals surface area contributed by atoms with E-state index in [-0.39, 0.29) is 22.5 Å². The van der Waals surface area contributed by atoms with Crippen LogP contribution in [0.3, 0.4) is 0 Å². The Morgan fingerprint density at radius 1 is 0.771 bits per heavy atom. The standard InChI is InChI=1S/C25H17F6N3O/c1-34-20-8-3-2-5-16(20)14-21(34)23(35)33-32-22(15-9-11-18(12-10-15)24(26,27)28)17-6-4-7-19(13-17)25(29,30)31/h2-14H,1H3,(H,33,35). The first-order valence-electron chi connectivity index (χ1n) is 10.2. The molecule has 180 valence electrons. The fraction of sp³-hybridized carbons (Fsp3) is 0.120. The first-order valence-corrected chi connectivity index (χ1v) is 10.2. The summed E-state index contributed by atoms with van der Waals surface area (Å²) in [6.07, 6.45) is -9.23. The number of hydrogen-bond donors (Lipinski definition) is 1. The minimum Gasteiger partial charge on any atom is -0.340 e. The molecule has 3 aromatic carbocycles. The van der Waals surface area contributed by atoms with Gasteiger partial charge in [-0.2, -0.15) is 31.4 Å². The lowest BCUT2D eigenvalue weighted by molar-refractivity contribution is -0.138. The van der Waals surface area contributed by atoms with Crippen LogP contribution in [-0.2, 0) is 19.4 Å². The Hall–Kier alpha value is -4.08. The third-order valence-corrected chi connectivity index (χ3v) is 5.40. The van der Waals surface area contributed by atoms with Crippen molar-refractivity contribution in [1.82, 2.24) is 9.99 Å². The number of alkyl halides is 6. The van der Waals surface area contributed by atoms with Crippen LogP contribution >= 0.6 is 0 Å². The second kappa shape index (κ2) is 8.94. The highest BCUT2D eigenvalue weighted by molar-refractivity contribution is 6.13. The van der Waals surface area contributed by atoms with Crippen LogP contribution in [0.25, 0.3) is 10.9 Å². The van der Waals surface area contributed by atoms with Crippen molar-refractivity contribution in [1.29, 1.82) is 0 Å². The predicted octanol–water partition coefficient (Wildman–Crippen LogP) is 6.40. The maximum absolute atomic E-state index is 13.3. The summed E-state index contributed by atoms with van der Waals surface area (Å²) in [5.41, 5.74) is 1.39. The lowest BCUT2D eigenvalue weighted by atomic mass is 9.99. The second-order valence-corrected chi connectivity index (χ2v) is 7.70. The first kappa shape index (κ1) is 24.1. The molecule has 1 aromatic heterocycles. The smallest absolute Gasteiger partial charge is 0.340 e. The molecule has 10 heteroatoms. The molecule has 4 nitrogen and oxygen atoms in total. The van der Waals surface area contributed by atoms with Crippen LogP contribution in [0, 0.1) is 0 Å². The summed E-state index contributed by atoms with van der Waals surface area (Å²) < 4.78 is 80.4. The molecule has 1 N–H and O–H groups in total. The van der Waals surface area contributed by atoms with Crippen LogP contribution in [0.15, 0.2) is 84.0 Å². The summed E-state index contributed by atoms with van der Waals surface area (Å²) in [6.45, 7) is 0. The number of aryl methyl sites for hydroxylation is 1. The van der Waals surface area contributed by atoms with E-state index in [4.69, 9.17) is 0 Å². The molecule has 0 radical (unpaired) electrons. The molecular weight excluding hydrogens is 472 g/mol. The molecule has 0 aliphatic rings. The quantitative estimate of drug-likeness (QED) is 0.201. The number of carbonyl (C=O) groups is 1. The van der Waals surface area contributed by atoms with E-state index in [1.54, 1.807) is 29.8 Å². The van der Waals surface area contributed by atoms with E-state index >= 15 is 0 Å². The molecule has 0 saturated heterocycles. The maximum atomic E-state index is 13.3. The topological polar surface area (TPSA) is 46.4 Å². The third-order valence-electron chi connectivity index (χ3n) is 5.40. The second-order valence-electron chi connectivity index (χ2n) is 7.70. The largest absolute Gasteiger partial charge is 0.416 e. The monoisotopic (exact) mass is 489 g/mol. The normalized spacial score (nSPS) is 12.7. The van der Waals surface area contributed by atoms with Gasteiger partial charge in [0.15, 0.2) is 0 Å². The molecule has 0 aliphatic carbocycles. The molecule has 35 heavy (non-hydrogen) atoms. The summed E-state index contributed by atoms with van der Waals surface area (Å²) in [6, 6.07) is 16.8. The van der Waals surface area contributed by atoms with Gasteiger partial charge < -0.3 is 4.57 Å². The van der Waals surface area contributed by atoms with E-state index in [1.165, 1.54) is 6.07 Å². The highest BCUT2D eigenvalue weighted by Gasteiger charge is 2.32. The number of nitrogens with one attached hydrogen (secondary N) is 1. The molecular formula is C25H17F6N3O. The molecule has 4 aromatic rings.